The molecule has 0 fully saturated rings. The maximum atomic E-state index is 9.50. The van der Waals surface area contributed by atoms with Crippen molar-refractivity contribution in [3.05, 3.63) is 46.3 Å². The van der Waals surface area contributed by atoms with E-state index in [1.54, 1.807) is 24.9 Å². The van der Waals surface area contributed by atoms with Crippen LogP contribution < -0.4 is 0 Å². The number of rotatable bonds is 3. The molecule has 0 spiro atoms. The molecule has 1 N–H and O–H groups in total. The summed E-state index contributed by atoms with van der Waals surface area (Å²) in [5.74, 6) is 0.918. The standard InChI is InChI=1S/C13H13BrO2S/c1-8(15)10-3-4-13(11(14)7-10)17-12-5-6-16-9(12)2/h3-8,15H,1-2H3/t8-/m0/s1. The minimum atomic E-state index is -0.444. The Bertz CT molecular complexity index is 520. The van der Waals surface area contributed by atoms with Crippen molar-refractivity contribution in [1.29, 1.82) is 0 Å². The summed E-state index contributed by atoms with van der Waals surface area (Å²) in [5, 5.41) is 9.50. The number of hydrogen-bond donors (Lipinski definition) is 1. The molecule has 2 aromatic rings. The Morgan fingerprint density at radius 2 is 2.06 bits per heavy atom. The van der Waals surface area contributed by atoms with Gasteiger partial charge in [0.25, 0.3) is 0 Å². The quantitative estimate of drug-likeness (QED) is 0.902. The number of halogens is 1. The van der Waals surface area contributed by atoms with Crippen LogP contribution in [-0.2, 0) is 0 Å². The van der Waals surface area contributed by atoms with Gasteiger partial charge in [-0.1, -0.05) is 17.8 Å². The molecule has 2 nitrogen and oxygen atoms in total. The van der Waals surface area contributed by atoms with Crippen molar-refractivity contribution in [1.82, 2.24) is 0 Å². The maximum Gasteiger partial charge on any atom is 0.114 e. The van der Waals surface area contributed by atoms with Gasteiger partial charge in [-0.2, -0.15) is 0 Å². The Morgan fingerprint density at radius 3 is 2.59 bits per heavy atom. The maximum absolute atomic E-state index is 9.50. The van der Waals surface area contributed by atoms with Gasteiger partial charge in [0.05, 0.1) is 17.3 Å². The van der Waals surface area contributed by atoms with Crippen molar-refractivity contribution in [3.8, 4) is 0 Å². The fourth-order valence-electron chi connectivity index (χ4n) is 1.46. The lowest BCUT2D eigenvalue weighted by Gasteiger charge is -2.08. The Kier molecular flexibility index (Phi) is 3.97. The first-order valence-corrected chi connectivity index (χ1v) is 6.88. The van der Waals surface area contributed by atoms with Gasteiger partial charge in [0.15, 0.2) is 0 Å². The van der Waals surface area contributed by atoms with Crippen molar-refractivity contribution < 1.29 is 9.52 Å². The largest absolute Gasteiger partial charge is 0.468 e. The highest BCUT2D eigenvalue weighted by atomic mass is 79.9. The molecule has 0 radical (unpaired) electrons. The molecule has 0 amide bonds. The highest BCUT2D eigenvalue weighted by Crippen LogP contribution is 2.36. The van der Waals surface area contributed by atoms with E-state index >= 15 is 0 Å². The molecule has 0 bridgehead atoms. The predicted octanol–water partition coefficient (Wildman–Crippen LogP) is 4.56. The van der Waals surface area contributed by atoms with Crippen LogP contribution in [0.15, 0.2) is 49.2 Å². The van der Waals surface area contributed by atoms with Gasteiger partial charge in [-0.15, -0.1) is 0 Å². The molecule has 0 aliphatic rings. The fourth-order valence-corrected chi connectivity index (χ4v) is 2.94. The molecule has 0 aliphatic carbocycles. The van der Waals surface area contributed by atoms with Crippen molar-refractivity contribution >= 4 is 27.7 Å². The number of benzene rings is 1. The summed E-state index contributed by atoms with van der Waals surface area (Å²) < 4.78 is 6.25. The molecule has 1 heterocycles. The first-order chi connectivity index (χ1) is 8.08. The molecule has 1 aromatic carbocycles. The van der Waals surface area contributed by atoms with E-state index in [-0.39, 0.29) is 0 Å². The van der Waals surface area contributed by atoms with Crippen molar-refractivity contribution in [2.24, 2.45) is 0 Å². The molecular formula is C13H13BrO2S. The molecule has 0 saturated heterocycles. The van der Waals surface area contributed by atoms with Gasteiger partial charge in [0, 0.05) is 9.37 Å². The van der Waals surface area contributed by atoms with Gasteiger partial charge in [0.1, 0.15) is 5.76 Å². The topological polar surface area (TPSA) is 33.4 Å². The van der Waals surface area contributed by atoms with Gasteiger partial charge >= 0.3 is 0 Å². The zero-order chi connectivity index (χ0) is 12.4. The van der Waals surface area contributed by atoms with Crippen LogP contribution in [0.5, 0.6) is 0 Å². The minimum Gasteiger partial charge on any atom is -0.468 e. The molecule has 1 aromatic heterocycles. The molecule has 90 valence electrons. The Hall–Kier alpha value is -0.710. The summed E-state index contributed by atoms with van der Waals surface area (Å²) in [6, 6.07) is 7.84. The second-order valence-electron chi connectivity index (χ2n) is 3.81. The molecule has 0 saturated carbocycles. The third kappa shape index (κ3) is 2.94. The normalized spacial score (nSPS) is 12.7. The van der Waals surface area contributed by atoms with Crippen LogP contribution in [0, 0.1) is 6.92 Å². The van der Waals surface area contributed by atoms with E-state index in [0.717, 1.165) is 25.6 Å². The van der Waals surface area contributed by atoms with E-state index in [1.165, 1.54) is 0 Å². The summed E-state index contributed by atoms with van der Waals surface area (Å²) in [6.45, 7) is 3.70. The Balaban J connectivity index is 2.26. The number of aryl methyl sites for hydroxylation is 1. The van der Waals surface area contributed by atoms with Crippen LogP contribution >= 0.6 is 27.7 Å². The molecule has 2 rings (SSSR count). The lowest BCUT2D eigenvalue weighted by molar-refractivity contribution is 0.199. The average molecular weight is 313 g/mol. The van der Waals surface area contributed by atoms with Gasteiger partial charge in [-0.05, 0) is 53.5 Å². The van der Waals surface area contributed by atoms with E-state index in [0.29, 0.717) is 0 Å². The van der Waals surface area contributed by atoms with Gasteiger partial charge < -0.3 is 9.52 Å². The first kappa shape index (κ1) is 12.7. The molecular weight excluding hydrogens is 300 g/mol. The first-order valence-electron chi connectivity index (χ1n) is 5.27. The third-order valence-corrected chi connectivity index (χ3v) is 4.61. The van der Waals surface area contributed by atoms with Crippen LogP contribution in [0.1, 0.15) is 24.4 Å². The monoisotopic (exact) mass is 312 g/mol. The zero-order valence-electron chi connectivity index (χ0n) is 9.61. The molecule has 1 atom stereocenters. The summed E-state index contributed by atoms with van der Waals surface area (Å²) in [7, 11) is 0. The molecule has 4 heteroatoms. The SMILES string of the molecule is Cc1occc1Sc1ccc([C@H](C)O)cc1Br. The third-order valence-electron chi connectivity index (χ3n) is 2.47. The molecule has 0 unspecified atom stereocenters. The minimum absolute atomic E-state index is 0.444. The second kappa shape index (κ2) is 5.29. The van der Waals surface area contributed by atoms with Crippen LogP contribution in [0.25, 0.3) is 0 Å². The number of aliphatic hydroxyl groups is 1. The highest BCUT2D eigenvalue weighted by molar-refractivity contribution is 9.10. The van der Waals surface area contributed by atoms with Crippen LogP contribution in [0.4, 0.5) is 0 Å². The number of aliphatic hydroxyl groups excluding tert-OH is 1. The summed E-state index contributed by atoms with van der Waals surface area (Å²) in [5.41, 5.74) is 0.908. The van der Waals surface area contributed by atoms with E-state index in [4.69, 9.17) is 4.42 Å². The number of furan rings is 1. The summed E-state index contributed by atoms with van der Waals surface area (Å²) in [4.78, 5) is 2.22. The van der Waals surface area contributed by atoms with Gasteiger partial charge in [0.2, 0.25) is 0 Å². The predicted molar refractivity (Wildman–Crippen MR) is 72.3 cm³/mol. The highest BCUT2D eigenvalue weighted by Gasteiger charge is 2.09. The zero-order valence-corrected chi connectivity index (χ0v) is 12.0. The lowest BCUT2D eigenvalue weighted by atomic mass is 10.1. The van der Waals surface area contributed by atoms with Crippen LogP contribution in [0.3, 0.4) is 0 Å². The van der Waals surface area contributed by atoms with E-state index in [9.17, 15) is 5.11 Å². The van der Waals surface area contributed by atoms with Gasteiger partial charge in [-0.25, -0.2) is 0 Å². The molecule has 0 aliphatic heterocycles. The van der Waals surface area contributed by atoms with Crippen molar-refractivity contribution in [3.63, 3.8) is 0 Å². The van der Waals surface area contributed by atoms with Crippen LogP contribution in [0.2, 0.25) is 0 Å². The lowest BCUT2D eigenvalue weighted by Crippen LogP contribution is -1.90. The molecule has 17 heavy (non-hydrogen) atoms. The van der Waals surface area contributed by atoms with Crippen LogP contribution in [-0.4, -0.2) is 5.11 Å². The fraction of sp³-hybridized carbons (Fsp3) is 0.231. The van der Waals surface area contributed by atoms with Crippen molar-refractivity contribution in [2.45, 2.75) is 29.7 Å². The van der Waals surface area contributed by atoms with E-state index in [1.807, 2.05) is 31.2 Å². The summed E-state index contributed by atoms with van der Waals surface area (Å²) >= 11 is 5.17. The Labute approximate surface area is 113 Å². The smallest absolute Gasteiger partial charge is 0.114 e. The number of hydrogen-bond acceptors (Lipinski definition) is 3. The van der Waals surface area contributed by atoms with Crippen molar-refractivity contribution in [2.75, 3.05) is 0 Å². The average Bonchev–Trinajstić information content (AvgIpc) is 2.67. The van der Waals surface area contributed by atoms with E-state index in [2.05, 4.69) is 15.9 Å². The second-order valence-corrected chi connectivity index (χ2v) is 5.75. The Morgan fingerprint density at radius 1 is 1.29 bits per heavy atom. The van der Waals surface area contributed by atoms with Gasteiger partial charge in [-0.3, -0.25) is 0 Å². The van der Waals surface area contributed by atoms with E-state index < -0.39 is 6.10 Å². The summed E-state index contributed by atoms with van der Waals surface area (Å²) in [6.07, 6.45) is 1.25.